The van der Waals surface area contributed by atoms with Gasteiger partial charge in [-0.2, -0.15) is 0 Å². The zero-order chi connectivity index (χ0) is 29.5. The van der Waals surface area contributed by atoms with Crippen molar-refractivity contribution < 1.29 is 19.4 Å². The number of nitrogens with zero attached hydrogens (tertiary/aromatic N) is 2. The molecule has 0 atom stereocenters. The molecular formula is C33H48N2O4S2. The van der Waals surface area contributed by atoms with Gasteiger partial charge in [-0.05, 0) is 37.1 Å². The second-order valence-electron chi connectivity index (χ2n) is 11.2. The van der Waals surface area contributed by atoms with Gasteiger partial charge in [0.1, 0.15) is 10.9 Å². The number of thioether (sulfide) groups is 1. The zero-order valence-electron chi connectivity index (χ0n) is 25.0. The second-order valence-corrected chi connectivity index (χ2v) is 12.9. The highest BCUT2D eigenvalue weighted by atomic mass is 32.2. The van der Waals surface area contributed by atoms with E-state index in [1.54, 1.807) is 12.2 Å². The summed E-state index contributed by atoms with van der Waals surface area (Å²) in [6.07, 6.45) is 24.9. The number of carboxylic acids is 1. The maximum atomic E-state index is 12.6. The van der Waals surface area contributed by atoms with Crippen molar-refractivity contribution in [2.75, 3.05) is 18.0 Å². The molecule has 1 fully saturated rings. The molecule has 0 spiro atoms. The van der Waals surface area contributed by atoms with E-state index in [9.17, 15) is 9.59 Å². The Labute approximate surface area is 256 Å². The third-order valence-corrected chi connectivity index (χ3v) is 9.06. The van der Waals surface area contributed by atoms with Crippen LogP contribution in [0.1, 0.15) is 115 Å². The number of carbonyl (C=O) groups excluding carboxylic acids is 1. The summed E-state index contributed by atoms with van der Waals surface area (Å²) < 4.78 is 6.44. The highest BCUT2D eigenvalue weighted by molar-refractivity contribution is 8.26. The summed E-state index contributed by atoms with van der Waals surface area (Å²) in [4.78, 5) is 27.4. The van der Waals surface area contributed by atoms with E-state index in [1.165, 1.54) is 96.3 Å². The van der Waals surface area contributed by atoms with E-state index in [4.69, 9.17) is 22.1 Å². The van der Waals surface area contributed by atoms with Gasteiger partial charge in [0.2, 0.25) is 5.88 Å². The number of ether oxygens (including phenoxy) is 1. The van der Waals surface area contributed by atoms with E-state index in [0.717, 1.165) is 46.6 Å². The van der Waals surface area contributed by atoms with Crippen LogP contribution in [0.2, 0.25) is 0 Å². The minimum atomic E-state index is -1.09. The molecule has 0 bridgehead atoms. The maximum Gasteiger partial charge on any atom is 0.323 e. The number of benzene rings is 1. The summed E-state index contributed by atoms with van der Waals surface area (Å²) in [5, 5.41) is 9.07. The van der Waals surface area contributed by atoms with Crippen molar-refractivity contribution >= 4 is 45.9 Å². The predicted octanol–water partition coefficient (Wildman–Crippen LogP) is 9.13. The summed E-state index contributed by atoms with van der Waals surface area (Å²) in [5.41, 5.74) is 2.16. The minimum absolute atomic E-state index is 0.262. The molecule has 0 radical (unpaired) electrons. The molecule has 1 saturated heterocycles. The average molecular weight is 601 g/mol. The maximum absolute atomic E-state index is 12.6. The first-order valence-corrected chi connectivity index (χ1v) is 16.9. The Morgan fingerprint density at radius 3 is 2.00 bits per heavy atom. The molecule has 2 aliphatic heterocycles. The summed E-state index contributed by atoms with van der Waals surface area (Å²) in [7, 11) is 0. The van der Waals surface area contributed by atoms with Crippen LogP contribution in [0.25, 0.3) is 0 Å². The topological polar surface area (TPSA) is 70.1 Å². The Morgan fingerprint density at radius 1 is 0.878 bits per heavy atom. The number of aliphatic carboxylic acids is 1. The second kappa shape index (κ2) is 18.3. The molecule has 0 saturated carbocycles. The van der Waals surface area contributed by atoms with Crippen molar-refractivity contribution in [3.8, 4) is 5.75 Å². The van der Waals surface area contributed by atoms with Crippen LogP contribution >= 0.6 is 24.0 Å². The highest BCUT2D eigenvalue weighted by Gasteiger charge is 2.33. The van der Waals surface area contributed by atoms with Crippen LogP contribution in [0.3, 0.4) is 0 Å². The van der Waals surface area contributed by atoms with Crippen molar-refractivity contribution in [3.05, 3.63) is 46.7 Å². The molecule has 3 rings (SSSR count). The predicted molar refractivity (Wildman–Crippen MR) is 174 cm³/mol. The number of hydrogen-bond donors (Lipinski definition) is 1. The monoisotopic (exact) mass is 600 g/mol. The number of rotatable bonds is 20. The molecule has 226 valence electrons. The van der Waals surface area contributed by atoms with Crippen molar-refractivity contribution in [2.45, 2.75) is 117 Å². The number of anilines is 1. The SMILES string of the molecule is CCCCCCCCCCCCCCCCCCN1/C(=C\C=C2\SC(=S)N(CC(=O)O)C2=O)Oc2cc(C)ccc21. The fraction of sp³-hybridized carbons (Fsp3) is 0.606. The Balaban J connectivity index is 1.38. The van der Waals surface area contributed by atoms with Gasteiger partial charge in [0.25, 0.3) is 5.91 Å². The molecular weight excluding hydrogens is 553 g/mol. The van der Waals surface area contributed by atoms with E-state index in [-0.39, 0.29) is 10.2 Å². The number of unbranched alkanes of at least 4 members (excludes halogenated alkanes) is 15. The standard InChI is InChI=1S/C33H48N2O4S2/c1-3-4-5-6-7-8-9-10-11-12-13-14-15-16-17-18-23-34-27-20-19-26(2)24-28(27)39-30(34)22-21-29-32(38)35(25-31(36)37)33(40)41-29/h19-22,24H,3-18,23,25H2,1-2H3,(H,36,37)/b29-21+,30-22+. The molecule has 0 aliphatic carbocycles. The summed E-state index contributed by atoms with van der Waals surface area (Å²) in [6.45, 7) is 4.73. The quantitative estimate of drug-likeness (QED) is 0.0909. The van der Waals surface area contributed by atoms with E-state index in [2.05, 4.69) is 24.0 Å². The van der Waals surface area contributed by atoms with Gasteiger partial charge >= 0.3 is 5.97 Å². The smallest absolute Gasteiger partial charge is 0.323 e. The van der Waals surface area contributed by atoms with Gasteiger partial charge in [-0.25, -0.2) is 0 Å². The minimum Gasteiger partial charge on any atom is -0.480 e. The lowest BCUT2D eigenvalue weighted by Crippen LogP contribution is -2.33. The van der Waals surface area contributed by atoms with Crippen LogP contribution in [-0.4, -0.2) is 39.3 Å². The van der Waals surface area contributed by atoms with E-state index in [1.807, 2.05) is 13.0 Å². The number of carbonyl (C=O) groups is 2. The molecule has 2 heterocycles. The molecule has 1 aromatic carbocycles. The van der Waals surface area contributed by atoms with Gasteiger partial charge in [-0.3, -0.25) is 14.5 Å². The molecule has 1 aromatic rings. The number of allylic oxidation sites excluding steroid dienone is 2. The summed E-state index contributed by atoms with van der Waals surface area (Å²) in [5.74, 6) is 0.0282. The Morgan fingerprint density at radius 2 is 1.44 bits per heavy atom. The number of thiocarbonyl (C=S) groups is 1. The molecule has 1 amide bonds. The normalized spacial score (nSPS) is 16.7. The zero-order valence-corrected chi connectivity index (χ0v) is 26.6. The summed E-state index contributed by atoms with van der Waals surface area (Å²) in [6, 6.07) is 6.20. The molecule has 8 heteroatoms. The van der Waals surface area contributed by atoms with Crippen LogP contribution in [0.4, 0.5) is 5.69 Å². The average Bonchev–Trinajstić information content (AvgIpc) is 3.41. The number of hydrogen-bond acceptors (Lipinski definition) is 6. The van der Waals surface area contributed by atoms with E-state index >= 15 is 0 Å². The largest absolute Gasteiger partial charge is 0.480 e. The van der Waals surface area contributed by atoms with E-state index in [0.29, 0.717) is 10.8 Å². The summed E-state index contributed by atoms with van der Waals surface area (Å²) >= 11 is 6.33. The van der Waals surface area contributed by atoms with Crippen LogP contribution in [0.15, 0.2) is 41.1 Å². The molecule has 0 unspecified atom stereocenters. The van der Waals surface area contributed by atoms with E-state index < -0.39 is 12.5 Å². The van der Waals surface area contributed by atoms with Gasteiger partial charge in [0.15, 0.2) is 5.75 Å². The number of carboxylic acid groups (broad SMARTS) is 1. The molecule has 6 nitrogen and oxygen atoms in total. The lowest BCUT2D eigenvalue weighted by atomic mass is 10.0. The molecule has 41 heavy (non-hydrogen) atoms. The molecule has 0 aromatic heterocycles. The van der Waals surface area contributed by atoms with Crippen LogP contribution in [-0.2, 0) is 9.59 Å². The van der Waals surface area contributed by atoms with Gasteiger partial charge < -0.3 is 14.7 Å². The van der Waals surface area contributed by atoms with Gasteiger partial charge in [0.05, 0.1) is 10.6 Å². The van der Waals surface area contributed by atoms with Crippen molar-refractivity contribution in [1.29, 1.82) is 0 Å². The lowest BCUT2D eigenvalue weighted by molar-refractivity contribution is -0.140. The fourth-order valence-corrected chi connectivity index (χ4v) is 6.51. The van der Waals surface area contributed by atoms with Crippen LogP contribution in [0.5, 0.6) is 5.75 Å². The van der Waals surface area contributed by atoms with Crippen molar-refractivity contribution in [3.63, 3.8) is 0 Å². The Bertz CT molecular complexity index is 1080. The van der Waals surface area contributed by atoms with Crippen LogP contribution in [0, 0.1) is 6.92 Å². The fourth-order valence-electron chi connectivity index (χ4n) is 5.32. The number of fused-ring (bicyclic) bond motifs is 1. The molecule has 1 N–H and O–H groups in total. The number of amides is 1. The third kappa shape index (κ3) is 11.1. The van der Waals surface area contributed by atoms with Crippen molar-refractivity contribution in [1.82, 2.24) is 4.90 Å². The van der Waals surface area contributed by atoms with Gasteiger partial charge in [-0.15, -0.1) is 0 Å². The van der Waals surface area contributed by atoms with Gasteiger partial charge in [0, 0.05) is 12.6 Å². The Hall–Kier alpha value is -2.32. The van der Waals surface area contributed by atoms with Crippen LogP contribution < -0.4 is 9.64 Å². The number of aryl methyl sites for hydroxylation is 1. The first kappa shape index (κ1) is 33.2. The third-order valence-electron chi connectivity index (χ3n) is 7.67. The first-order valence-electron chi connectivity index (χ1n) is 15.6. The lowest BCUT2D eigenvalue weighted by Gasteiger charge is -2.18. The molecule has 2 aliphatic rings. The first-order chi connectivity index (χ1) is 19.9. The Kier molecular flexibility index (Phi) is 14.8. The van der Waals surface area contributed by atoms with Gasteiger partial charge in [-0.1, -0.05) is 133 Å². The van der Waals surface area contributed by atoms with Crippen molar-refractivity contribution in [2.24, 2.45) is 0 Å². The highest BCUT2D eigenvalue weighted by Crippen LogP contribution is 2.40.